The van der Waals surface area contributed by atoms with Crippen molar-refractivity contribution in [3.8, 4) is 5.75 Å². The van der Waals surface area contributed by atoms with Gasteiger partial charge in [-0.1, -0.05) is 47.5 Å². The molecule has 106 valence electrons. The number of benzene rings is 2. The first-order valence-corrected chi connectivity index (χ1v) is 7.10. The summed E-state index contributed by atoms with van der Waals surface area (Å²) in [5.74, 6) is 0.710. The normalized spacial score (nSPS) is 12.2. The van der Waals surface area contributed by atoms with Crippen LogP contribution in [0, 0.1) is 6.92 Å². The molecular formula is C17H20ClNO. The van der Waals surface area contributed by atoms with Crippen LogP contribution < -0.4 is 10.1 Å². The number of rotatable bonds is 5. The van der Waals surface area contributed by atoms with Crippen molar-refractivity contribution >= 4 is 11.6 Å². The zero-order valence-electron chi connectivity index (χ0n) is 12.1. The molecule has 1 N–H and O–H groups in total. The van der Waals surface area contributed by atoms with E-state index < -0.39 is 0 Å². The van der Waals surface area contributed by atoms with Gasteiger partial charge in [-0.15, -0.1) is 0 Å². The van der Waals surface area contributed by atoms with Gasteiger partial charge in [-0.2, -0.15) is 0 Å². The fraction of sp³-hybridized carbons (Fsp3) is 0.294. The van der Waals surface area contributed by atoms with Crippen molar-refractivity contribution < 1.29 is 4.74 Å². The molecule has 0 amide bonds. The third-order valence-corrected chi connectivity index (χ3v) is 3.70. The molecule has 0 aliphatic carbocycles. The highest BCUT2D eigenvalue weighted by atomic mass is 35.5. The Kier molecular flexibility index (Phi) is 5.05. The summed E-state index contributed by atoms with van der Waals surface area (Å²) in [5, 5.41) is 4.15. The predicted octanol–water partition coefficient (Wildman–Crippen LogP) is 4.51. The third-order valence-electron chi connectivity index (χ3n) is 3.41. The topological polar surface area (TPSA) is 21.3 Å². The Morgan fingerprint density at radius 3 is 2.45 bits per heavy atom. The largest absolute Gasteiger partial charge is 0.495 e. The molecular weight excluding hydrogens is 270 g/mol. The summed E-state index contributed by atoms with van der Waals surface area (Å²) in [7, 11) is 1.62. The number of methoxy groups -OCH3 is 1. The molecule has 3 heteroatoms. The van der Waals surface area contributed by atoms with E-state index >= 15 is 0 Å². The van der Waals surface area contributed by atoms with Crippen molar-refractivity contribution in [3.05, 3.63) is 64.2 Å². The molecule has 1 unspecified atom stereocenters. The van der Waals surface area contributed by atoms with Gasteiger partial charge in [0.2, 0.25) is 0 Å². The lowest BCUT2D eigenvalue weighted by Crippen LogP contribution is -2.18. The van der Waals surface area contributed by atoms with E-state index in [9.17, 15) is 0 Å². The van der Waals surface area contributed by atoms with Crippen molar-refractivity contribution in [3.63, 3.8) is 0 Å². The smallest absolute Gasteiger partial charge is 0.137 e. The van der Waals surface area contributed by atoms with Crippen LogP contribution in [-0.4, -0.2) is 7.11 Å². The Morgan fingerprint density at radius 1 is 1.15 bits per heavy atom. The molecule has 2 rings (SSSR count). The first-order valence-electron chi connectivity index (χ1n) is 6.72. The molecule has 2 nitrogen and oxygen atoms in total. The molecule has 20 heavy (non-hydrogen) atoms. The average molecular weight is 290 g/mol. The molecule has 0 saturated heterocycles. The molecule has 0 spiro atoms. The van der Waals surface area contributed by atoms with E-state index in [2.05, 4.69) is 43.4 Å². The minimum atomic E-state index is 0.302. The lowest BCUT2D eigenvalue weighted by atomic mass is 10.1. The Morgan fingerprint density at radius 2 is 1.85 bits per heavy atom. The number of halogens is 1. The molecule has 0 aromatic heterocycles. The number of ether oxygens (including phenoxy) is 1. The standard InChI is InChI=1S/C17H20ClNO/c1-12-4-7-15(8-5-12)13(2)19-11-14-6-9-17(20-3)16(18)10-14/h4-10,13,19H,11H2,1-3H3. The highest BCUT2D eigenvalue weighted by Gasteiger charge is 2.06. The summed E-state index contributed by atoms with van der Waals surface area (Å²) in [5.41, 5.74) is 3.72. The minimum absolute atomic E-state index is 0.302. The van der Waals surface area contributed by atoms with Crippen molar-refractivity contribution in [2.45, 2.75) is 26.4 Å². The molecule has 2 aromatic carbocycles. The Balaban J connectivity index is 1.97. The van der Waals surface area contributed by atoms with E-state index in [0.29, 0.717) is 16.8 Å². The average Bonchev–Trinajstić information content (AvgIpc) is 2.45. The van der Waals surface area contributed by atoms with Crippen LogP contribution in [0.25, 0.3) is 0 Å². The molecule has 0 radical (unpaired) electrons. The lowest BCUT2D eigenvalue weighted by Gasteiger charge is -2.15. The third kappa shape index (κ3) is 3.75. The first kappa shape index (κ1) is 14.9. The monoisotopic (exact) mass is 289 g/mol. The highest BCUT2D eigenvalue weighted by Crippen LogP contribution is 2.25. The summed E-state index contributed by atoms with van der Waals surface area (Å²) in [6.07, 6.45) is 0. The molecule has 0 bridgehead atoms. The second kappa shape index (κ2) is 6.78. The van der Waals surface area contributed by atoms with Gasteiger partial charge in [0.25, 0.3) is 0 Å². The first-order chi connectivity index (χ1) is 9.60. The molecule has 1 atom stereocenters. The van der Waals surface area contributed by atoms with Gasteiger partial charge in [0, 0.05) is 12.6 Å². The lowest BCUT2D eigenvalue weighted by molar-refractivity contribution is 0.414. The van der Waals surface area contributed by atoms with E-state index in [1.54, 1.807) is 7.11 Å². The van der Waals surface area contributed by atoms with E-state index in [1.807, 2.05) is 18.2 Å². The van der Waals surface area contributed by atoms with Gasteiger partial charge < -0.3 is 10.1 Å². The summed E-state index contributed by atoms with van der Waals surface area (Å²) in [6.45, 7) is 5.04. The molecule has 0 aliphatic rings. The van der Waals surface area contributed by atoms with E-state index in [-0.39, 0.29) is 0 Å². The summed E-state index contributed by atoms with van der Waals surface area (Å²) < 4.78 is 5.15. The fourth-order valence-corrected chi connectivity index (χ4v) is 2.34. The van der Waals surface area contributed by atoms with Crippen LogP contribution in [0.1, 0.15) is 29.7 Å². The molecule has 0 fully saturated rings. The summed E-state index contributed by atoms with van der Waals surface area (Å²) in [6, 6.07) is 14.8. The van der Waals surface area contributed by atoms with Crippen molar-refractivity contribution in [1.82, 2.24) is 5.32 Å². The fourth-order valence-electron chi connectivity index (χ4n) is 2.06. The maximum Gasteiger partial charge on any atom is 0.137 e. The van der Waals surface area contributed by atoms with Crippen molar-refractivity contribution in [2.24, 2.45) is 0 Å². The van der Waals surface area contributed by atoms with Gasteiger partial charge in [-0.25, -0.2) is 0 Å². The van der Waals surface area contributed by atoms with Crippen LogP contribution in [0.4, 0.5) is 0 Å². The SMILES string of the molecule is COc1ccc(CNC(C)c2ccc(C)cc2)cc1Cl. The quantitative estimate of drug-likeness (QED) is 0.874. The zero-order chi connectivity index (χ0) is 14.5. The second-order valence-corrected chi connectivity index (χ2v) is 5.39. The number of hydrogen-bond acceptors (Lipinski definition) is 2. The van der Waals surface area contributed by atoms with Crippen LogP contribution in [-0.2, 0) is 6.54 Å². The van der Waals surface area contributed by atoms with E-state index in [0.717, 1.165) is 12.1 Å². The summed E-state index contributed by atoms with van der Waals surface area (Å²) in [4.78, 5) is 0. The molecule has 0 heterocycles. The zero-order valence-corrected chi connectivity index (χ0v) is 12.9. The Hall–Kier alpha value is -1.51. The highest BCUT2D eigenvalue weighted by molar-refractivity contribution is 6.32. The van der Waals surface area contributed by atoms with E-state index in [4.69, 9.17) is 16.3 Å². The molecule has 0 aliphatic heterocycles. The van der Waals surface area contributed by atoms with Gasteiger partial charge in [-0.3, -0.25) is 0 Å². The van der Waals surface area contributed by atoms with Crippen LogP contribution in [0.2, 0.25) is 5.02 Å². The minimum Gasteiger partial charge on any atom is -0.495 e. The number of nitrogens with one attached hydrogen (secondary N) is 1. The van der Waals surface area contributed by atoms with Crippen molar-refractivity contribution in [2.75, 3.05) is 7.11 Å². The van der Waals surface area contributed by atoms with Crippen LogP contribution in [0.15, 0.2) is 42.5 Å². The van der Waals surface area contributed by atoms with Crippen LogP contribution in [0.5, 0.6) is 5.75 Å². The molecule has 2 aromatic rings. The van der Waals surface area contributed by atoms with Crippen molar-refractivity contribution in [1.29, 1.82) is 0 Å². The Bertz CT molecular complexity index is 566. The van der Waals surface area contributed by atoms with Crippen LogP contribution in [0.3, 0.4) is 0 Å². The van der Waals surface area contributed by atoms with Crippen LogP contribution >= 0.6 is 11.6 Å². The van der Waals surface area contributed by atoms with E-state index in [1.165, 1.54) is 11.1 Å². The number of hydrogen-bond donors (Lipinski definition) is 1. The maximum atomic E-state index is 6.13. The second-order valence-electron chi connectivity index (χ2n) is 4.98. The summed E-state index contributed by atoms with van der Waals surface area (Å²) >= 11 is 6.13. The van der Waals surface area contributed by atoms with Gasteiger partial charge in [0.1, 0.15) is 5.75 Å². The predicted molar refractivity (Wildman–Crippen MR) is 84.4 cm³/mol. The van der Waals surface area contributed by atoms with Gasteiger partial charge >= 0.3 is 0 Å². The Labute approximate surface area is 125 Å². The van der Waals surface area contributed by atoms with Gasteiger partial charge in [-0.05, 0) is 37.1 Å². The van der Waals surface area contributed by atoms with Gasteiger partial charge in [0.05, 0.1) is 12.1 Å². The maximum absolute atomic E-state index is 6.13. The van der Waals surface area contributed by atoms with Gasteiger partial charge in [0.15, 0.2) is 0 Å². The number of aryl methyl sites for hydroxylation is 1. The molecule has 0 saturated carbocycles.